The summed E-state index contributed by atoms with van der Waals surface area (Å²) in [6, 6.07) is 12.9. The first-order valence-corrected chi connectivity index (χ1v) is 10.4. The molecule has 2 bridgehead atoms. The van der Waals surface area contributed by atoms with Gasteiger partial charge in [0.1, 0.15) is 0 Å². The maximum absolute atomic E-state index is 12.5. The van der Waals surface area contributed by atoms with Gasteiger partial charge in [0.2, 0.25) is 5.91 Å². The molecule has 26 heavy (non-hydrogen) atoms. The zero-order valence-electron chi connectivity index (χ0n) is 14.5. The van der Waals surface area contributed by atoms with Crippen molar-refractivity contribution in [1.29, 1.82) is 0 Å². The SMILES string of the molecule is CC(=O)Nc1ccc(Sc2ccc(C(=O)NC3CC4CCC3N4)s2)cc1. The van der Waals surface area contributed by atoms with Crippen LogP contribution in [-0.2, 0) is 4.79 Å². The minimum absolute atomic E-state index is 0.0298. The third kappa shape index (κ3) is 3.95. The maximum Gasteiger partial charge on any atom is 0.261 e. The maximum atomic E-state index is 12.5. The molecular weight excluding hydrogens is 366 g/mol. The van der Waals surface area contributed by atoms with Gasteiger partial charge in [-0.15, -0.1) is 11.3 Å². The van der Waals surface area contributed by atoms with Gasteiger partial charge in [-0.3, -0.25) is 9.59 Å². The standard InChI is InChI=1S/C19H21N3O2S2/c1-11(23)20-12-2-5-14(6-3-12)25-18-9-8-17(26-18)19(24)22-16-10-13-4-7-15(16)21-13/h2-3,5-6,8-9,13,15-16,21H,4,7,10H2,1H3,(H,20,23)(H,22,24). The van der Waals surface area contributed by atoms with Gasteiger partial charge in [0.25, 0.3) is 5.91 Å². The third-order valence-electron chi connectivity index (χ3n) is 4.81. The molecule has 1 aromatic carbocycles. The molecule has 3 heterocycles. The minimum Gasteiger partial charge on any atom is -0.347 e. The van der Waals surface area contributed by atoms with E-state index in [1.54, 1.807) is 11.8 Å². The monoisotopic (exact) mass is 387 g/mol. The van der Waals surface area contributed by atoms with E-state index >= 15 is 0 Å². The number of hydrogen-bond acceptors (Lipinski definition) is 5. The summed E-state index contributed by atoms with van der Waals surface area (Å²) in [6.07, 6.45) is 3.44. The summed E-state index contributed by atoms with van der Waals surface area (Å²) >= 11 is 3.14. The van der Waals surface area contributed by atoms with E-state index in [-0.39, 0.29) is 17.9 Å². The second kappa shape index (κ2) is 7.42. The van der Waals surface area contributed by atoms with Crippen molar-refractivity contribution in [3.63, 3.8) is 0 Å². The van der Waals surface area contributed by atoms with Crippen LogP contribution in [0.5, 0.6) is 0 Å². The molecule has 0 saturated carbocycles. The molecule has 1 aromatic heterocycles. The van der Waals surface area contributed by atoms with E-state index in [4.69, 9.17) is 0 Å². The number of rotatable bonds is 5. The predicted octanol–water partition coefficient (Wildman–Crippen LogP) is 3.48. The fourth-order valence-corrected chi connectivity index (χ4v) is 5.65. The summed E-state index contributed by atoms with van der Waals surface area (Å²) in [5.74, 6) is -0.0489. The normalized spacial score (nSPS) is 23.8. The quantitative estimate of drug-likeness (QED) is 0.735. The minimum atomic E-state index is -0.0787. The number of fused-ring (bicyclic) bond motifs is 2. The molecule has 3 atom stereocenters. The summed E-state index contributed by atoms with van der Waals surface area (Å²) in [4.78, 5) is 25.4. The fourth-order valence-electron chi connectivity index (χ4n) is 3.65. The Hall–Kier alpha value is -1.83. The van der Waals surface area contributed by atoms with Crippen LogP contribution in [0.15, 0.2) is 45.5 Å². The predicted molar refractivity (Wildman–Crippen MR) is 105 cm³/mol. The highest BCUT2D eigenvalue weighted by molar-refractivity contribution is 8.01. The van der Waals surface area contributed by atoms with E-state index in [0.717, 1.165) is 32.5 Å². The topological polar surface area (TPSA) is 70.2 Å². The van der Waals surface area contributed by atoms with Gasteiger partial charge in [0.15, 0.2) is 0 Å². The molecule has 2 aromatic rings. The van der Waals surface area contributed by atoms with Gasteiger partial charge in [-0.05, 0) is 55.7 Å². The summed E-state index contributed by atoms with van der Waals surface area (Å²) in [7, 11) is 0. The van der Waals surface area contributed by atoms with Gasteiger partial charge in [-0.25, -0.2) is 0 Å². The van der Waals surface area contributed by atoms with Crippen molar-refractivity contribution >= 4 is 40.6 Å². The Bertz CT molecular complexity index is 818. The summed E-state index contributed by atoms with van der Waals surface area (Å²) < 4.78 is 1.08. The highest BCUT2D eigenvalue weighted by Crippen LogP contribution is 2.34. The van der Waals surface area contributed by atoms with Crippen molar-refractivity contribution in [2.24, 2.45) is 0 Å². The average Bonchev–Trinajstić information content (AvgIpc) is 3.33. The van der Waals surface area contributed by atoms with Crippen LogP contribution >= 0.6 is 23.1 Å². The largest absolute Gasteiger partial charge is 0.347 e. The van der Waals surface area contributed by atoms with Crippen molar-refractivity contribution in [1.82, 2.24) is 10.6 Å². The van der Waals surface area contributed by atoms with Crippen LogP contribution in [0.25, 0.3) is 0 Å². The van der Waals surface area contributed by atoms with Crippen molar-refractivity contribution in [2.45, 2.75) is 53.4 Å². The van der Waals surface area contributed by atoms with Crippen molar-refractivity contribution < 1.29 is 9.59 Å². The van der Waals surface area contributed by atoms with E-state index in [2.05, 4.69) is 16.0 Å². The Kier molecular flexibility index (Phi) is 5.02. The number of benzene rings is 1. The lowest BCUT2D eigenvalue weighted by Gasteiger charge is -2.20. The summed E-state index contributed by atoms with van der Waals surface area (Å²) in [6.45, 7) is 1.49. The van der Waals surface area contributed by atoms with Gasteiger partial charge in [0, 0.05) is 35.6 Å². The Morgan fingerprint density at radius 2 is 1.96 bits per heavy atom. The van der Waals surface area contributed by atoms with E-state index in [1.165, 1.54) is 24.7 Å². The van der Waals surface area contributed by atoms with Gasteiger partial charge in [-0.1, -0.05) is 11.8 Å². The van der Waals surface area contributed by atoms with Crippen LogP contribution in [0, 0.1) is 0 Å². The molecule has 7 heteroatoms. The molecule has 136 valence electrons. The van der Waals surface area contributed by atoms with Crippen LogP contribution in [0.2, 0.25) is 0 Å². The number of thiophene rings is 1. The lowest BCUT2D eigenvalue weighted by atomic mass is 9.95. The first-order chi connectivity index (χ1) is 12.6. The molecule has 2 fully saturated rings. The smallest absolute Gasteiger partial charge is 0.261 e. The number of carbonyl (C=O) groups is 2. The number of nitrogens with one attached hydrogen (secondary N) is 3. The first kappa shape index (κ1) is 17.6. The van der Waals surface area contributed by atoms with E-state index in [0.29, 0.717) is 12.1 Å². The third-order valence-corrected chi connectivity index (χ3v) is 7.04. The second-order valence-electron chi connectivity index (χ2n) is 6.79. The van der Waals surface area contributed by atoms with E-state index in [1.807, 2.05) is 36.4 Å². The molecule has 4 rings (SSSR count). The van der Waals surface area contributed by atoms with Crippen LogP contribution in [-0.4, -0.2) is 29.9 Å². The molecule has 2 amide bonds. The molecule has 0 aliphatic carbocycles. The Morgan fingerprint density at radius 1 is 1.15 bits per heavy atom. The molecule has 2 saturated heterocycles. The average molecular weight is 388 g/mol. The Labute approximate surface area is 160 Å². The number of carbonyl (C=O) groups excluding carboxylic acids is 2. The van der Waals surface area contributed by atoms with Crippen LogP contribution in [0.4, 0.5) is 5.69 Å². The Morgan fingerprint density at radius 3 is 2.62 bits per heavy atom. The first-order valence-electron chi connectivity index (χ1n) is 8.79. The van der Waals surface area contributed by atoms with Gasteiger partial charge >= 0.3 is 0 Å². The highest BCUT2D eigenvalue weighted by Gasteiger charge is 2.39. The van der Waals surface area contributed by atoms with Gasteiger partial charge in [0.05, 0.1) is 9.09 Å². The molecule has 5 nitrogen and oxygen atoms in total. The number of hydrogen-bond donors (Lipinski definition) is 3. The highest BCUT2D eigenvalue weighted by atomic mass is 32.2. The van der Waals surface area contributed by atoms with Gasteiger partial charge < -0.3 is 16.0 Å². The fraction of sp³-hybridized carbons (Fsp3) is 0.368. The molecule has 2 aliphatic heterocycles. The molecule has 2 aliphatic rings. The number of amides is 2. The zero-order valence-corrected chi connectivity index (χ0v) is 16.1. The van der Waals surface area contributed by atoms with Crippen LogP contribution in [0.1, 0.15) is 35.9 Å². The molecule has 3 unspecified atom stereocenters. The molecule has 3 N–H and O–H groups in total. The van der Waals surface area contributed by atoms with Crippen LogP contribution in [0.3, 0.4) is 0 Å². The van der Waals surface area contributed by atoms with Crippen LogP contribution < -0.4 is 16.0 Å². The molecular formula is C19H21N3O2S2. The lowest BCUT2D eigenvalue weighted by Crippen LogP contribution is -2.42. The van der Waals surface area contributed by atoms with Crippen molar-refractivity contribution in [3.8, 4) is 0 Å². The summed E-state index contributed by atoms with van der Waals surface area (Å²) in [5.41, 5.74) is 0.785. The van der Waals surface area contributed by atoms with Gasteiger partial charge in [-0.2, -0.15) is 0 Å². The Balaban J connectivity index is 1.35. The van der Waals surface area contributed by atoms with E-state index < -0.39 is 0 Å². The molecule has 0 radical (unpaired) electrons. The van der Waals surface area contributed by atoms with E-state index in [9.17, 15) is 9.59 Å². The molecule has 0 spiro atoms. The van der Waals surface area contributed by atoms with Crippen molar-refractivity contribution in [3.05, 3.63) is 41.3 Å². The van der Waals surface area contributed by atoms with Crippen molar-refractivity contribution in [2.75, 3.05) is 5.32 Å². The lowest BCUT2D eigenvalue weighted by molar-refractivity contribution is -0.114. The number of anilines is 1. The summed E-state index contributed by atoms with van der Waals surface area (Å²) in [5, 5.41) is 9.49. The zero-order chi connectivity index (χ0) is 18.1. The second-order valence-corrected chi connectivity index (χ2v) is 9.25.